The van der Waals surface area contributed by atoms with Crippen LogP contribution in [-0.4, -0.2) is 24.3 Å². The van der Waals surface area contributed by atoms with E-state index >= 15 is 0 Å². The molecule has 0 saturated carbocycles. The van der Waals surface area contributed by atoms with E-state index in [9.17, 15) is 4.79 Å². The van der Waals surface area contributed by atoms with Crippen LogP contribution in [0.3, 0.4) is 0 Å². The Kier molecular flexibility index (Phi) is 5.07. The number of hydrogen-bond acceptors (Lipinski definition) is 3. The van der Waals surface area contributed by atoms with Crippen molar-refractivity contribution in [3.05, 3.63) is 29.8 Å². The summed E-state index contributed by atoms with van der Waals surface area (Å²) in [5, 5.41) is 8.57. The monoisotopic (exact) mass is 236 g/mol. The van der Waals surface area contributed by atoms with Crippen molar-refractivity contribution >= 4 is 12.0 Å². The van der Waals surface area contributed by atoms with E-state index in [-0.39, 0.29) is 0 Å². The zero-order chi connectivity index (χ0) is 12.7. The fourth-order valence-corrected chi connectivity index (χ4v) is 1.36. The lowest BCUT2D eigenvalue weighted by Gasteiger charge is -2.08. The van der Waals surface area contributed by atoms with Gasteiger partial charge in [-0.1, -0.05) is 0 Å². The van der Waals surface area contributed by atoms with Crippen molar-refractivity contribution in [2.75, 3.05) is 13.2 Å². The molecule has 0 fully saturated rings. The molecule has 4 nitrogen and oxygen atoms in total. The van der Waals surface area contributed by atoms with Crippen LogP contribution in [0.25, 0.3) is 6.08 Å². The van der Waals surface area contributed by atoms with Gasteiger partial charge in [0.05, 0.1) is 13.2 Å². The lowest BCUT2D eigenvalue weighted by Crippen LogP contribution is -1.96. The van der Waals surface area contributed by atoms with Gasteiger partial charge in [0.2, 0.25) is 0 Å². The van der Waals surface area contributed by atoms with Gasteiger partial charge in [-0.05, 0) is 37.6 Å². The molecule has 1 rings (SSSR count). The summed E-state index contributed by atoms with van der Waals surface area (Å²) in [6.07, 6.45) is 2.59. The van der Waals surface area contributed by atoms with Crippen molar-refractivity contribution in [3.63, 3.8) is 0 Å². The predicted molar refractivity (Wildman–Crippen MR) is 65.4 cm³/mol. The van der Waals surface area contributed by atoms with Gasteiger partial charge in [-0.15, -0.1) is 0 Å². The Hall–Kier alpha value is -1.97. The van der Waals surface area contributed by atoms with Gasteiger partial charge in [-0.3, -0.25) is 0 Å². The van der Waals surface area contributed by atoms with Gasteiger partial charge >= 0.3 is 5.97 Å². The third kappa shape index (κ3) is 4.59. The van der Waals surface area contributed by atoms with Crippen molar-refractivity contribution < 1.29 is 19.4 Å². The Labute approximate surface area is 100 Å². The van der Waals surface area contributed by atoms with E-state index in [1.165, 1.54) is 6.08 Å². The number of carboxylic acids is 1. The summed E-state index contributed by atoms with van der Waals surface area (Å²) in [7, 11) is 0. The Bertz CT molecular complexity index is 386. The van der Waals surface area contributed by atoms with Gasteiger partial charge in [-0.25, -0.2) is 4.79 Å². The summed E-state index contributed by atoms with van der Waals surface area (Å²) < 4.78 is 10.8. The molecule has 0 aliphatic rings. The summed E-state index contributed by atoms with van der Waals surface area (Å²) in [5.74, 6) is 0.358. The fraction of sp³-hybridized carbons (Fsp3) is 0.308. The van der Waals surface area contributed by atoms with Gasteiger partial charge in [0, 0.05) is 12.1 Å². The first-order valence-corrected chi connectivity index (χ1v) is 5.47. The van der Waals surface area contributed by atoms with Crippen LogP contribution in [0.5, 0.6) is 11.5 Å². The SMILES string of the molecule is CCOc1cc(C=CC(=O)O)cc(OCC)c1. The zero-order valence-electron chi connectivity index (χ0n) is 9.97. The number of rotatable bonds is 6. The molecule has 0 aliphatic heterocycles. The molecule has 1 N–H and O–H groups in total. The van der Waals surface area contributed by atoms with E-state index in [1.807, 2.05) is 13.8 Å². The first kappa shape index (κ1) is 13.1. The number of carbonyl (C=O) groups is 1. The van der Waals surface area contributed by atoms with Crippen molar-refractivity contribution in [2.45, 2.75) is 13.8 Å². The number of hydrogen-bond donors (Lipinski definition) is 1. The lowest BCUT2D eigenvalue weighted by atomic mass is 10.2. The average molecular weight is 236 g/mol. The molecule has 4 heteroatoms. The van der Waals surface area contributed by atoms with E-state index in [1.54, 1.807) is 18.2 Å². The van der Waals surface area contributed by atoms with Crippen molar-refractivity contribution in [3.8, 4) is 11.5 Å². The highest BCUT2D eigenvalue weighted by Crippen LogP contribution is 2.23. The van der Waals surface area contributed by atoms with Crippen LogP contribution >= 0.6 is 0 Å². The Morgan fingerprint density at radius 1 is 1.18 bits per heavy atom. The minimum atomic E-state index is -0.982. The van der Waals surface area contributed by atoms with Gasteiger partial charge in [0.15, 0.2) is 0 Å². The van der Waals surface area contributed by atoms with Crippen LogP contribution in [-0.2, 0) is 4.79 Å². The molecule has 1 aromatic rings. The maximum absolute atomic E-state index is 10.4. The normalized spacial score (nSPS) is 10.5. The summed E-state index contributed by atoms with van der Waals surface area (Å²) in [5.41, 5.74) is 0.738. The van der Waals surface area contributed by atoms with Crippen LogP contribution in [0.4, 0.5) is 0 Å². The maximum Gasteiger partial charge on any atom is 0.328 e. The van der Waals surface area contributed by atoms with E-state index in [0.717, 1.165) is 11.6 Å². The molecule has 0 saturated heterocycles. The second-order valence-corrected chi connectivity index (χ2v) is 3.28. The highest BCUT2D eigenvalue weighted by atomic mass is 16.5. The van der Waals surface area contributed by atoms with Crippen LogP contribution in [0.15, 0.2) is 24.3 Å². The van der Waals surface area contributed by atoms with Crippen LogP contribution in [0.1, 0.15) is 19.4 Å². The quantitative estimate of drug-likeness (QED) is 0.771. The van der Waals surface area contributed by atoms with Crippen LogP contribution in [0.2, 0.25) is 0 Å². The smallest absolute Gasteiger partial charge is 0.328 e. The van der Waals surface area contributed by atoms with Crippen LogP contribution < -0.4 is 9.47 Å². The standard InChI is InChI=1S/C13H16O4/c1-3-16-11-7-10(5-6-13(14)15)8-12(9-11)17-4-2/h5-9H,3-4H2,1-2H3,(H,14,15). The predicted octanol–water partition coefficient (Wildman–Crippen LogP) is 2.58. The highest BCUT2D eigenvalue weighted by Gasteiger charge is 2.01. The molecule has 0 radical (unpaired) electrons. The molecule has 17 heavy (non-hydrogen) atoms. The third-order valence-corrected chi connectivity index (χ3v) is 1.94. The number of benzene rings is 1. The summed E-state index contributed by atoms with van der Waals surface area (Å²) >= 11 is 0. The average Bonchev–Trinajstić information content (AvgIpc) is 2.27. The fourth-order valence-electron chi connectivity index (χ4n) is 1.36. The molecule has 92 valence electrons. The first-order chi connectivity index (χ1) is 8.15. The minimum Gasteiger partial charge on any atom is -0.494 e. The summed E-state index contributed by atoms with van der Waals surface area (Å²) in [4.78, 5) is 10.4. The van der Waals surface area contributed by atoms with E-state index in [4.69, 9.17) is 14.6 Å². The molecule has 0 bridgehead atoms. The van der Waals surface area contributed by atoms with E-state index in [2.05, 4.69) is 0 Å². The second-order valence-electron chi connectivity index (χ2n) is 3.28. The zero-order valence-corrected chi connectivity index (χ0v) is 9.97. The Balaban J connectivity index is 2.98. The topological polar surface area (TPSA) is 55.8 Å². The molecule has 0 unspecified atom stereocenters. The number of carboxylic acid groups (broad SMARTS) is 1. The molecule has 0 spiro atoms. The lowest BCUT2D eigenvalue weighted by molar-refractivity contribution is -0.131. The molecule has 0 heterocycles. The number of aliphatic carboxylic acids is 1. The summed E-state index contributed by atoms with van der Waals surface area (Å²) in [6.45, 7) is 4.88. The number of ether oxygens (including phenoxy) is 2. The first-order valence-electron chi connectivity index (χ1n) is 5.47. The molecule has 0 amide bonds. The van der Waals surface area contributed by atoms with Gasteiger partial charge < -0.3 is 14.6 Å². The molecule has 0 atom stereocenters. The van der Waals surface area contributed by atoms with Gasteiger partial charge in [0.1, 0.15) is 11.5 Å². The van der Waals surface area contributed by atoms with Gasteiger partial charge in [-0.2, -0.15) is 0 Å². The highest BCUT2D eigenvalue weighted by molar-refractivity contribution is 5.85. The third-order valence-electron chi connectivity index (χ3n) is 1.94. The van der Waals surface area contributed by atoms with Crippen molar-refractivity contribution in [1.29, 1.82) is 0 Å². The van der Waals surface area contributed by atoms with Crippen molar-refractivity contribution in [1.82, 2.24) is 0 Å². The maximum atomic E-state index is 10.4. The molecule has 0 aliphatic carbocycles. The van der Waals surface area contributed by atoms with Gasteiger partial charge in [0.25, 0.3) is 0 Å². The molecular weight excluding hydrogens is 220 g/mol. The largest absolute Gasteiger partial charge is 0.494 e. The van der Waals surface area contributed by atoms with Crippen molar-refractivity contribution in [2.24, 2.45) is 0 Å². The molecular formula is C13H16O4. The van der Waals surface area contributed by atoms with E-state index in [0.29, 0.717) is 24.7 Å². The van der Waals surface area contributed by atoms with E-state index < -0.39 is 5.97 Å². The Morgan fingerprint density at radius 3 is 2.12 bits per heavy atom. The summed E-state index contributed by atoms with van der Waals surface area (Å²) in [6, 6.07) is 5.32. The second kappa shape index (κ2) is 6.58. The minimum absolute atomic E-state index is 0.553. The molecule has 1 aromatic carbocycles. The molecule has 0 aromatic heterocycles. The Morgan fingerprint density at radius 2 is 1.71 bits per heavy atom. The van der Waals surface area contributed by atoms with Crippen LogP contribution in [0, 0.1) is 0 Å².